The van der Waals surface area contributed by atoms with E-state index in [1.165, 1.54) is 32.4 Å². The molecule has 2 aromatic rings. The third-order valence-corrected chi connectivity index (χ3v) is 3.91. The van der Waals surface area contributed by atoms with Gasteiger partial charge in [-0.25, -0.2) is 8.78 Å². The molecule has 140 valence electrons. The number of benzene rings is 2. The SMILES string of the molecule is COc1cc(OC)c(NC(=O)CN(C)Cc2ccc(F)cc2F)cc1Cl. The Bertz CT molecular complexity index is 802. The van der Waals surface area contributed by atoms with Crippen molar-refractivity contribution < 1.29 is 23.0 Å². The number of nitrogens with one attached hydrogen (secondary N) is 1. The van der Waals surface area contributed by atoms with Gasteiger partial charge in [0.05, 0.1) is 31.5 Å². The summed E-state index contributed by atoms with van der Waals surface area (Å²) in [6.07, 6.45) is 0. The summed E-state index contributed by atoms with van der Waals surface area (Å²) in [6, 6.07) is 6.43. The van der Waals surface area contributed by atoms with Gasteiger partial charge < -0.3 is 14.8 Å². The van der Waals surface area contributed by atoms with Crippen molar-refractivity contribution in [2.45, 2.75) is 6.54 Å². The van der Waals surface area contributed by atoms with Gasteiger partial charge in [0.1, 0.15) is 23.1 Å². The Morgan fingerprint density at radius 3 is 2.46 bits per heavy atom. The van der Waals surface area contributed by atoms with Crippen LogP contribution in [0.4, 0.5) is 14.5 Å². The lowest BCUT2D eigenvalue weighted by Gasteiger charge is -2.18. The molecule has 0 heterocycles. The molecular weight excluding hydrogens is 366 g/mol. The maximum absolute atomic E-state index is 13.7. The molecule has 0 spiro atoms. The lowest BCUT2D eigenvalue weighted by molar-refractivity contribution is -0.117. The molecular formula is C18H19ClF2N2O3. The van der Waals surface area contributed by atoms with Crippen LogP contribution in [0.5, 0.6) is 11.5 Å². The standard InChI is InChI=1S/C18H19ClF2N2O3/c1-23(9-11-4-5-12(20)6-14(11)21)10-18(24)22-15-7-13(19)16(25-2)8-17(15)26-3/h4-8H,9-10H2,1-3H3,(H,22,24). The predicted molar refractivity (Wildman–Crippen MR) is 95.9 cm³/mol. The quantitative estimate of drug-likeness (QED) is 0.790. The number of anilines is 1. The molecule has 8 heteroatoms. The zero-order valence-corrected chi connectivity index (χ0v) is 15.4. The van der Waals surface area contributed by atoms with Crippen LogP contribution in [-0.2, 0) is 11.3 Å². The normalized spacial score (nSPS) is 10.7. The maximum atomic E-state index is 13.7. The molecule has 0 atom stereocenters. The number of ether oxygens (including phenoxy) is 2. The van der Waals surface area contributed by atoms with E-state index in [0.29, 0.717) is 27.8 Å². The average Bonchev–Trinajstić information content (AvgIpc) is 2.57. The Labute approximate surface area is 155 Å². The monoisotopic (exact) mass is 384 g/mol. The fourth-order valence-corrected chi connectivity index (χ4v) is 2.63. The smallest absolute Gasteiger partial charge is 0.238 e. The first-order valence-electron chi connectivity index (χ1n) is 7.68. The molecule has 0 aliphatic heterocycles. The van der Waals surface area contributed by atoms with Gasteiger partial charge in [0, 0.05) is 24.2 Å². The molecule has 1 amide bonds. The molecule has 0 fully saturated rings. The van der Waals surface area contributed by atoms with Crippen LogP contribution in [-0.4, -0.2) is 38.6 Å². The van der Waals surface area contributed by atoms with Crippen molar-refractivity contribution in [3.63, 3.8) is 0 Å². The van der Waals surface area contributed by atoms with Crippen LogP contribution in [0.2, 0.25) is 5.02 Å². The minimum absolute atomic E-state index is 0.0103. The number of carbonyl (C=O) groups is 1. The summed E-state index contributed by atoms with van der Waals surface area (Å²) in [5.74, 6) is -0.817. The van der Waals surface area contributed by atoms with Gasteiger partial charge in [-0.15, -0.1) is 0 Å². The first-order valence-corrected chi connectivity index (χ1v) is 8.05. The molecule has 26 heavy (non-hydrogen) atoms. The third kappa shape index (κ3) is 5.06. The molecule has 0 radical (unpaired) electrons. The molecule has 2 rings (SSSR count). The Morgan fingerprint density at radius 2 is 1.85 bits per heavy atom. The minimum Gasteiger partial charge on any atom is -0.495 e. The molecule has 0 unspecified atom stereocenters. The van der Waals surface area contributed by atoms with E-state index in [9.17, 15) is 13.6 Å². The van der Waals surface area contributed by atoms with E-state index in [1.807, 2.05) is 0 Å². The van der Waals surface area contributed by atoms with Crippen molar-refractivity contribution in [2.24, 2.45) is 0 Å². The van der Waals surface area contributed by atoms with Gasteiger partial charge in [-0.2, -0.15) is 0 Å². The number of carbonyl (C=O) groups excluding carboxylic acids is 1. The molecule has 5 nitrogen and oxygen atoms in total. The van der Waals surface area contributed by atoms with E-state index in [0.717, 1.165) is 6.07 Å². The van der Waals surface area contributed by atoms with Gasteiger partial charge >= 0.3 is 0 Å². The lowest BCUT2D eigenvalue weighted by atomic mass is 10.2. The number of amides is 1. The second-order valence-electron chi connectivity index (χ2n) is 5.64. The number of likely N-dealkylation sites (N-methyl/N-ethyl adjacent to an activating group) is 1. The first kappa shape index (κ1) is 19.9. The second-order valence-corrected chi connectivity index (χ2v) is 6.05. The Balaban J connectivity index is 2.03. The third-order valence-electron chi connectivity index (χ3n) is 3.62. The van der Waals surface area contributed by atoms with E-state index >= 15 is 0 Å². The summed E-state index contributed by atoms with van der Waals surface area (Å²) in [5.41, 5.74) is 0.691. The molecule has 0 saturated heterocycles. The molecule has 0 aromatic heterocycles. The Morgan fingerprint density at radius 1 is 1.15 bits per heavy atom. The highest BCUT2D eigenvalue weighted by atomic mass is 35.5. The molecule has 0 aliphatic rings. The highest BCUT2D eigenvalue weighted by Gasteiger charge is 2.15. The van der Waals surface area contributed by atoms with Crippen LogP contribution in [0, 0.1) is 11.6 Å². The maximum Gasteiger partial charge on any atom is 0.238 e. The summed E-state index contributed by atoms with van der Waals surface area (Å²) in [6.45, 7) is 0.143. The zero-order valence-electron chi connectivity index (χ0n) is 14.6. The highest BCUT2D eigenvalue weighted by Crippen LogP contribution is 2.35. The van der Waals surface area contributed by atoms with Crippen LogP contribution in [0.25, 0.3) is 0 Å². The van der Waals surface area contributed by atoms with Crippen molar-refractivity contribution in [2.75, 3.05) is 33.1 Å². The van der Waals surface area contributed by atoms with Crippen LogP contribution in [0.15, 0.2) is 30.3 Å². The second kappa shape index (κ2) is 8.82. The number of hydrogen-bond donors (Lipinski definition) is 1. The summed E-state index contributed by atoms with van der Waals surface area (Å²) in [7, 11) is 4.59. The van der Waals surface area contributed by atoms with Crippen molar-refractivity contribution in [1.82, 2.24) is 4.90 Å². The van der Waals surface area contributed by atoms with E-state index < -0.39 is 11.6 Å². The van der Waals surface area contributed by atoms with Gasteiger partial charge in [-0.1, -0.05) is 17.7 Å². The van der Waals surface area contributed by atoms with Gasteiger partial charge in [-0.05, 0) is 19.2 Å². The molecule has 2 aromatic carbocycles. The van der Waals surface area contributed by atoms with E-state index in [-0.39, 0.29) is 19.0 Å². The number of rotatable bonds is 7. The predicted octanol–water partition coefficient (Wildman–Crippen LogP) is 3.71. The fourth-order valence-electron chi connectivity index (χ4n) is 2.39. The zero-order chi connectivity index (χ0) is 19.3. The number of nitrogens with zero attached hydrogens (tertiary/aromatic N) is 1. The lowest BCUT2D eigenvalue weighted by Crippen LogP contribution is -2.30. The Kier molecular flexibility index (Phi) is 6.76. The Hall–Kier alpha value is -2.38. The van der Waals surface area contributed by atoms with Crippen molar-refractivity contribution >= 4 is 23.2 Å². The van der Waals surface area contributed by atoms with E-state index in [2.05, 4.69) is 5.32 Å². The van der Waals surface area contributed by atoms with Crippen LogP contribution < -0.4 is 14.8 Å². The highest BCUT2D eigenvalue weighted by molar-refractivity contribution is 6.32. The fraction of sp³-hybridized carbons (Fsp3) is 0.278. The van der Waals surface area contributed by atoms with Crippen molar-refractivity contribution in [3.8, 4) is 11.5 Å². The molecule has 0 bridgehead atoms. The first-order chi connectivity index (χ1) is 12.3. The van der Waals surface area contributed by atoms with Crippen molar-refractivity contribution in [3.05, 3.63) is 52.6 Å². The van der Waals surface area contributed by atoms with E-state index in [1.54, 1.807) is 18.0 Å². The van der Waals surface area contributed by atoms with Gasteiger partial charge in [0.25, 0.3) is 0 Å². The average molecular weight is 385 g/mol. The largest absolute Gasteiger partial charge is 0.495 e. The molecule has 1 N–H and O–H groups in total. The van der Waals surface area contributed by atoms with E-state index in [4.69, 9.17) is 21.1 Å². The number of hydrogen-bond acceptors (Lipinski definition) is 4. The summed E-state index contributed by atoms with van der Waals surface area (Å²) in [4.78, 5) is 13.9. The van der Waals surface area contributed by atoms with Crippen molar-refractivity contribution in [1.29, 1.82) is 0 Å². The van der Waals surface area contributed by atoms with Crippen LogP contribution >= 0.6 is 11.6 Å². The van der Waals surface area contributed by atoms with Gasteiger partial charge in [0.2, 0.25) is 5.91 Å². The van der Waals surface area contributed by atoms with Gasteiger partial charge in [-0.3, -0.25) is 9.69 Å². The summed E-state index contributed by atoms with van der Waals surface area (Å²) in [5, 5.41) is 3.02. The minimum atomic E-state index is -0.652. The molecule has 0 aliphatic carbocycles. The van der Waals surface area contributed by atoms with Gasteiger partial charge in [0.15, 0.2) is 0 Å². The summed E-state index contributed by atoms with van der Waals surface area (Å²) < 4.78 is 37.0. The summed E-state index contributed by atoms with van der Waals surface area (Å²) >= 11 is 6.07. The molecule has 0 saturated carbocycles. The van der Waals surface area contributed by atoms with Crippen LogP contribution in [0.1, 0.15) is 5.56 Å². The van der Waals surface area contributed by atoms with Crippen LogP contribution in [0.3, 0.4) is 0 Å². The number of halogens is 3. The number of methoxy groups -OCH3 is 2. The topological polar surface area (TPSA) is 50.8 Å².